The Morgan fingerprint density at radius 3 is 1.91 bits per heavy atom. The first-order valence-corrected chi connectivity index (χ1v) is 10.5. The van der Waals surface area contributed by atoms with Crippen molar-refractivity contribution < 1.29 is 14.3 Å². The number of hydrogen-bond donors (Lipinski definition) is 2. The molecule has 0 bridgehead atoms. The van der Waals surface area contributed by atoms with Gasteiger partial charge in [-0.3, -0.25) is 14.4 Å². The van der Waals surface area contributed by atoms with Gasteiger partial charge in [-0.05, 0) is 36.1 Å². The van der Waals surface area contributed by atoms with Crippen molar-refractivity contribution in [2.75, 3.05) is 7.11 Å². The number of methoxy groups -OCH3 is 1. The second-order valence-electron chi connectivity index (χ2n) is 7.79. The van der Waals surface area contributed by atoms with Crippen molar-refractivity contribution in [3.8, 4) is 5.75 Å². The molecule has 0 saturated heterocycles. The summed E-state index contributed by atoms with van der Waals surface area (Å²) >= 11 is 0. The fourth-order valence-electron chi connectivity index (χ4n) is 3.40. The van der Waals surface area contributed by atoms with Crippen LogP contribution in [0.2, 0.25) is 0 Å². The van der Waals surface area contributed by atoms with Crippen molar-refractivity contribution in [2.24, 2.45) is 0 Å². The number of rotatable bonds is 8. The van der Waals surface area contributed by atoms with Gasteiger partial charge in [-0.2, -0.15) is 0 Å². The van der Waals surface area contributed by atoms with E-state index in [-0.39, 0.29) is 23.7 Å². The lowest BCUT2D eigenvalue weighted by Crippen LogP contribution is -2.35. The van der Waals surface area contributed by atoms with E-state index in [1.165, 1.54) is 0 Å². The molecule has 7 heteroatoms. The largest absolute Gasteiger partial charge is 0.497 e. The van der Waals surface area contributed by atoms with Crippen LogP contribution in [0.1, 0.15) is 50.7 Å². The molecule has 0 atom stereocenters. The van der Waals surface area contributed by atoms with Crippen molar-refractivity contribution in [2.45, 2.75) is 32.0 Å². The van der Waals surface area contributed by atoms with E-state index in [1.807, 2.05) is 42.5 Å². The van der Waals surface area contributed by atoms with Crippen LogP contribution in [0.5, 0.6) is 5.75 Å². The number of ether oxygens (including phenoxy) is 1. The summed E-state index contributed by atoms with van der Waals surface area (Å²) in [5, 5.41) is 5.56. The first-order chi connectivity index (χ1) is 15.5. The van der Waals surface area contributed by atoms with E-state index >= 15 is 0 Å². The van der Waals surface area contributed by atoms with E-state index < -0.39 is 17.2 Å². The fraction of sp³-hybridized carbons (Fsp3) is 0.240. The Morgan fingerprint density at radius 2 is 1.41 bits per heavy atom. The van der Waals surface area contributed by atoms with Crippen LogP contribution in [0.4, 0.5) is 0 Å². The summed E-state index contributed by atoms with van der Waals surface area (Å²) in [5.41, 5.74) is 1.18. The topological polar surface area (TPSA) is 89.4 Å². The van der Waals surface area contributed by atoms with Crippen molar-refractivity contribution in [1.82, 2.24) is 15.2 Å². The number of pyridine rings is 1. The Labute approximate surface area is 186 Å². The molecule has 2 N–H and O–H groups in total. The monoisotopic (exact) mass is 431 g/mol. The van der Waals surface area contributed by atoms with Crippen LogP contribution in [0.15, 0.2) is 71.8 Å². The maximum Gasteiger partial charge on any atom is 0.257 e. The molecule has 1 fully saturated rings. The predicted octanol–water partition coefficient (Wildman–Crippen LogP) is 3.05. The van der Waals surface area contributed by atoms with E-state index in [0.29, 0.717) is 6.54 Å². The number of nitrogens with zero attached hydrogens (tertiary/aromatic N) is 1. The quantitative estimate of drug-likeness (QED) is 0.574. The van der Waals surface area contributed by atoms with Crippen molar-refractivity contribution in [1.29, 1.82) is 0 Å². The molecule has 0 aliphatic heterocycles. The molecule has 0 radical (unpaired) electrons. The summed E-state index contributed by atoms with van der Waals surface area (Å²) in [5.74, 6) is -0.266. The van der Waals surface area contributed by atoms with Crippen LogP contribution < -0.4 is 20.8 Å². The second kappa shape index (κ2) is 9.51. The standard InChI is InChI=1S/C25H25N3O4/c1-32-20-11-7-18(8-12-20)14-27-25(31)22-16-28(19-9-10-19)15-21(23(22)29)24(30)26-13-17-5-3-2-4-6-17/h2-8,11-12,15-16,19H,9-10,13-14H2,1H3,(H,26,30)(H,27,31). The maximum atomic E-state index is 13.0. The van der Waals surface area contributed by atoms with Gasteiger partial charge in [0.05, 0.1) is 7.11 Å². The fourth-order valence-corrected chi connectivity index (χ4v) is 3.40. The van der Waals surface area contributed by atoms with Crippen LogP contribution in [-0.2, 0) is 13.1 Å². The highest BCUT2D eigenvalue weighted by molar-refractivity contribution is 5.99. The summed E-state index contributed by atoms with van der Waals surface area (Å²) in [4.78, 5) is 38.6. The zero-order valence-electron chi connectivity index (χ0n) is 17.8. The Balaban J connectivity index is 1.52. The molecule has 1 aliphatic rings. The van der Waals surface area contributed by atoms with Crippen LogP contribution in [0.3, 0.4) is 0 Å². The van der Waals surface area contributed by atoms with E-state index in [1.54, 1.807) is 36.2 Å². The summed E-state index contributed by atoms with van der Waals surface area (Å²) in [6.07, 6.45) is 5.03. The normalized spacial score (nSPS) is 12.8. The lowest BCUT2D eigenvalue weighted by Gasteiger charge is -2.12. The highest BCUT2D eigenvalue weighted by atomic mass is 16.5. The van der Waals surface area contributed by atoms with Gasteiger partial charge < -0.3 is 19.9 Å². The lowest BCUT2D eigenvalue weighted by atomic mass is 10.1. The molecule has 0 spiro atoms. The number of carbonyl (C=O) groups is 2. The molecule has 32 heavy (non-hydrogen) atoms. The second-order valence-corrected chi connectivity index (χ2v) is 7.79. The minimum atomic E-state index is -0.570. The predicted molar refractivity (Wildman–Crippen MR) is 121 cm³/mol. The molecule has 1 aromatic heterocycles. The first-order valence-electron chi connectivity index (χ1n) is 10.5. The van der Waals surface area contributed by atoms with Crippen molar-refractivity contribution in [3.63, 3.8) is 0 Å². The summed E-state index contributed by atoms with van der Waals surface area (Å²) < 4.78 is 6.94. The molecule has 3 aromatic rings. The maximum absolute atomic E-state index is 13.0. The molecule has 1 saturated carbocycles. The van der Waals surface area contributed by atoms with Gasteiger partial charge in [0, 0.05) is 31.5 Å². The van der Waals surface area contributed by atoms with Crippen LogP contribution in [0.25, 0.3) is 0 Å². The third kappa shape index (κ3) is 5.06. The van der Waals surface area contributed by atoms with Gasteiger partial charge in [-0.1, -0.05) is 42.5 Å². The van der Waals surface area contributed by atoms with Crippen LogP contribution in [0, 0.1) is 0 Å². The lowest BCUT2D eigenvalue weighted by molar-refractivity contribution is 0.0947. The Morgan fingerprint density at radius 1 is 0.875 bits per heavy atom. The third-order valence-corrected chi connectivity index (χ3v) is 5.41. The summed E-state index contributed by atoms with van der Waals surface area (Å²) in [7, 11) is 1.59. The number of hydrogen-bond acceptors (Lipinski definition) is 4. The summed E-state index contributed by atoms with van der Waals surface area (Å²) in [6, 6.07) is 17.0. The molecule has 7 nitrogen and oxygen atoms in total. The van der Waals surface area contributed by atoms with Gasteiger partial charge >= 0.3 is 0 Å². The van der Waals surface area contributed by atoms with E-state index in [2.05, 4.69) is 10.6 Å². The average Bonchev–Trinajstić information content (AvgIpc) is 3.68. The first kappa shape index (κ1) is 21.4. The van der Waals surface area contributed by atoms with E-state index in [4.69, 9.17) is 4.74 Å². The molecule has 0 unspecified atom stereocenters. The summed E-state index contributed by atoms with van der Waals surface area (Å²) in [6.45, 7) is 0.562. The Hall–Kier alpha value is -3.87. The number of amides is 2. The smallest absolute Gasteiger partial charge is 0.257 e. The molecule has 2 amide bonds. The highest BCUT2D eigenvalue weighted by Gasteiger charge is 2.27. The third-order valence-electron chi connectivity index (χ3n) is 5.41. The zero-order chi connectivity index (χ0) is 22.5. The SMILES string of the molecule is COc1ccc(CNC(=O)c2cn(C3CC3)cc(C(=O)NCc3ccccc3)c2=O)cc1. The molecule has 4 rings (SSSR count). The molecule has 164 valence electrons. The highest BCUT2D eigenvalue weighted by Crippen LogP contribution is 2.34. The number of aromatic nitrogens is 1. The van der Waals surface area contributed by atoms with E-state index in [0.717, 1.165) is 29.7 Å². The minimum absolute atomic E-state index is 0.0232. The number of carbonyl (C=O) groups excluding carboxylic acids is 2. The van der Waals surface area contributed by atoms with Gasteiger partial charge in [-0.25, -0.2) is 0 Å². The van der Waals surface area contributed by atoms with Gasteiger partial charge in [-0.15, -0.1) is 0 Å². The molecular weight excluding hydrogens is 406 g/mol. The Kier molecular flexibility index (Phi) is 6.35. The van der Waals surface area contributed by atoms with Gasteiger partial charge in [0.25, 0.3) is 11.8 Å². The number of nitrogens with one attached hydrogen (secondary N) is 2. The molecule has 1 aliphatic carbocycles. The van der Waals surface area contributed by atoms with Gasteiger partial charge in [0.1, 0.15) is 16.9 Å². The number of benzene rings is 2. The van der Waals surface area contributed by atoms with E-state index in [9.17, 15) is 14.4 Å². The van der Waals surface area contributed by atoms with Crippen LogP contribution >= 0.6 is 0 Å². The minimum Gasteiger partial charge on any atom is -0.497 e. The van der Waals surface area contributed by atoms with Crippen molar-refractivity contribution >= 4 is 11.8 Å². The van der Waals surface area contributed by atoms with Crippen molar-refractivity contribution in [3.05, 3.63) is 99.5 Å². The average molecular weight is 431 g/mol. The van der Waals surface area contributed by atoms with Gasteiger partial charge in [0.15, 0.2) is 0 Å². The molecular formula is C25H25N3O4. The molecule has 1 heterocycles. The Bertz CT molecular complexity index is 1170. The molecule has 2 aromatic carbocycles. The zero-order valence-corrected chi connectivity index (χ0v) is 17.8. The van der Waals surface area contributed by atoms with Crippen LogP contribution in [-0.4, -0.2) is 23.5 Å². The van der Waals surface area contributed by atoms with Gasteiger partial charge in [0.2, 0.25) is 5.43 Å².